The molecule has 0 atom stereocenters. The summed E-state index contributed by atoms with van der Waals surface area (Å²) in [6.07, 6.45) is 0.396. The van der Waals surface area contributed by atoms with E-state index in [0.717, 1.165) is 0 Å². The van der Waals surface area contributed by atoms with Gasteiger partial charge in [0.15, 0.2) is 5.75 Å². The van der Waals surface area contributed by atoms with Gasteiger partial charge in [0.05, 0.1) is 22.4 Å². The highest BCUT2D eigenvalue weighted by molar-refractivity contribution is 7.91. The third-order valence-electron chi connectivity index (χ3n) is 2.31. The van der Waals surface area contributed by atoms with Gasteiger partial charge in [-0.1, -0.05) is 30.1 Å². The Hall–Kier alpha value is -0.650. The van der Waals surface area contributed by atoms with Gasteiger partial charge in [-0.2, -0.15) is 0 Å². The number of rotatable bonds is 6. The standard InChI is InChI=1S/C11H15Cl2NO3S/c1-2-18(15,16)5-3-4-17-11-9(12)6-8(14)7-10(11)13/h6-7H,2-5,14H2,1H3. The van der Waals surface area contributed by atoms with Crippen molar-refractivity contribution in [1.82, 2.24) is 0 Å². The SMILES string of the molecule is CCS(=O)(=O)CCCOc1c(Cl)cc(N)cc1Cl. The van der Waals surface area contributed by atoms with E-state index in [9.17, 15) is 8.42 Å². The van der Waals surface area contributed by atoms with E-state index in [2.05, 4.69) is 0 Å². The van der Waals surface area contributed by atoms with Gasteiger partial charge in [-0.15, -0.1) is 0 Å². The second kappa shape index (κ2) is 6.50. The average Bonchev–Trinajstić information content (AvgIpc) is 2.26. The first-order valence-corrected chi connectivity index (χ1v) is 8.01. The van der Waals surface area contributed by atoms with Crippen molar-refractivity contribution in [1.29, 1.82) is 0 Å². The molecule has 0 aromatic heterocycles. The molecule has 102 valence electrons. The van der Waals surface area contributed by atoms with Gasteiger partial charge >= 0.3 is 0 Å². The van der Waals surface area contributed by atoms with Crippen LogP contribution in [0, 0.1) is 0 Å². The smallest absolute Gasteiger partial charge is 0.156 e. The molecule has 1 aromatic rings. The van der Waals surface area contributed by atoms with Gasteiger partial charge in [0.25, 0.3) is 0 Å². The maximum absolute atomic E-state index is 11.3. The van der Waals surface area contributed by atoms with Crippen LogP contribution in [0.25, 0.3) is 0 Å². The van der Waals surface area contributed by atoms with Crippen LogP contribution >= 0.6 is 23.2 Å². The lowest BCUT2D eigenvalue weighted by atomic mass is 10.3. The number of halogens is 2. The number of anilines is 1. The van der Waals surface area contributed by atoms with Crippen molar-refractivity contribution < 1.29 is 13.2 Å². The predicted octanol–water partition coefficient (Wildman–Crippen LogP) is 2.78. The number of hydrogen-bond donors (Lipinski definition) is 1. The zero-order valence-electron chi connectivity index (χ0n) is 9.95. The van der Waals surface area contributed by atoms with Gasteiger partial charge < -0.3 is 10.5 Å². The summed E-state index contributed by atoms with van der Waals surface area (Å²) < 4.78 is 27.9. The number of nitrogen functional groups attached to an aromatic ring is 1. The zero-order chi connectivity index (χ0) is 13.8. The molecule has 0 saturated heterocycles. The Kier molecular flexibility index (Phi) is 5.56. The van der Waals surface area contributed by atoms with E-state index in [4.69, 9.17) is 33.7 Å². The minimum absolute atomic E-state index is 0.0910. The van der Waals surface area contributed by atoms with Crippen LogP contribution in [0.1, 0.15) is 13.3 Å². The molecule has 0 heterocycles. The van der Waals surface area contributed by atoms with Crippen molar-refractivity contribution in [3.8, 4) is 5.75 Å². The van der Waals surface area contributed by atoms with Crippen molar-refractivity contribution in [2.45, 2.75) is 13.3 Å². The van der Waals surface area contributed by atoms with E-state index < -0.39 is 9.84 Å². The van der Waals surface area contributed by atoms with Gasteiger partial charge in [-0.25, -0.2) is 8.42 Å². The molecular weight excluding hydrogens is 297 g/mol. The van der Waals surface area contributed by atoms with E-state index in [-0.39, 0.29) is 18.1 Å². The van der Waals surface area contributed by atoms with Crippen LogP contribution in [0.3, 0.4) is 0 Å². The quantitative estimate of drug-likeness (QED) is 0.648. The lowest BCUT2D eigenvalue weighted by Crippen LogP contribution is -2.12. The van der Waals surface area contributed by atoms with Crippen molar-refractivity contribution in [3.63, 3.8) is 0 Å². The highest BCUT2D eigenvalue weighted by Gasteiger charge is 2.10. The van der Waals surface area contributed by atoms with Crippen LogP contribution in [0.5, 0.6) is 5.75 Å². The highest BCUT2D eigenvalue weighted by Crippen LogP contribution is 2.35. The molecule has 0 bridgehead atoms. The van der Waals surface area contributed by atoms with E-state index in [1.165, 1.54) is 12.1 Å². The van der Waals surface area contributed by atoms with E-state index in [1.807, 2.05) is 0 Å². The zero-order valence-corrected chi connectivity index (χ0v) is 12.3. The maximum Gasteiger partial charge on any atom is 0.156 e. The molecule has 0 spiro atoms. The highest BCUT2D eigenvalue weighted by atomic mass is 35.5. The molecule has 7 heteroatoms. The van der Waals surface area contributed by atoms with Crippen LogP contribution in [0.2, 0.25) is 10.0 Å². The largest absolute Gasteiger partial charge is 0.490 e. The fraction of sp³-hybridized carbons (Fsp3) is 0.455. The first-order chi connectivity index (χ1) is 8.35. The van der Waals surface area contributed by atoms with Crippen molar-refractivity contribution in [2.24, 2.45) is 0 Å². The molecule has 4 nitrogen and oxygen atoms in total. The van der Waals surface area contributed by atoms with Crippen LogP contribution < -0.4 is 10.5 Å². The van der Waals surface area contributed by atoms with Crippen LogP contribution in [-0.2, 0) is 9.84 Å². The molecule has 0 unspecified atom stereocenters. The Morgan fingerprint density at radius 1 is 1.28 bits per heavy atom. The number of nitrogens with two attached hydrogens (primary N) is 1. The Morgan fingerprint density at radius 2 is 1.83 bits per heavy atom. The van der Waals surface area contributed by atoms with E-state index >= 15 is 0 Å². The molecule has 0 aliphatic heterocycles. The summed E-state index contributed by atoms with van der Waals surface area (Å²) in [4.78, 5) is 0. The molecular formula is C11H15Cl2NO3S. The summed E-state index contributed by atoms with van der Waals surface area (Å²) in [5, 5.41) is 0.636. The summed E-state index contributed by atoms with van der Waals surface area (Å²) in [6, 6.07) is 3.07. The fourth-order valence-electron chi connectivity index (χ4n) is 1.31. The van der Waals surface area contributed by atoms with E-state index in [0.29, 0.717) is 27.9 Å². The van der Waals surface area contributed by atoms with Crippen LogP contribution in [-0.4, -0.2) is 26.5 Å². The van der Waals surface area contributed by atoms with E-state index in [1.54, 1.807) is 6.92 Å². The summed E-state index contributed by atoms with van der Waals surface area (Å²) in [6.45, 7) is 1.85. The van der Waals surface area contributed by atoms with Crippen LogP contribution in [0.15, 0.2) is 12.1 Å². The molecule has 1 aromatic carbocycles. The monoisotopic (exact) mass is 311 g/mol. The molecule has 1 rings (SSSR count). The van der Waals surface area contributed by atoms with Gasteiger partial charge in [0, 0.05) is 11.4 Å². The normalized spacial score (nSPS) is 11.5. The molecule has 0 amide bonds. The molecule has 2 N–H and O–H groups in total. The van der Waals surface area contributed by atoms with Crippen molar-refractivity contribution in [2.75, 3.05) is 23.8 Å². The summed E-state index contributed by atoms with van der Waals surface area (Å²) in [5.41, 5.74) is 6.00. The Balaban J connectivity index is 2.55. The first kappa shape index (κ1) is 15.4. The number of benzene rings is 1. The molecule has 0 aliphatic carbocycles. The lowest BCUT2D eigenvalue weighted by molar-refractivity contribution is 0.318. The molecule has 0 saturated carbocycles. The predicted molar refractivity (Wildman–Crippen MR) is 75.3 cm³/mol. The van der Waals surface area contributed by atoms with Gasteiger partial charge in [-0.05, 0) is 18.6 Å². The number of ether oxygens (including phenoxy) is 1. The summed E-state index contributed by atoms with van der Waals surface area (Å²) >= 11 is 11.8. The lowest BCUT2D eigenvalue weighted by Gasteiger charge is -2.10. The van der Waals surface area contributed by atoms with Crippen molar-refractivity contribution >= 4 is 38.7 Å². The van der Waals surface area contributed by atoms with Crippen molar-refractivity contribution in [3.05, 3.63) is 22.2 Å². The molecule has 0 aliphatic rings. The summed E-state index contributed by atoms with van der Waals surface area (Å²) in [7, 11) is -2.97. The average molecular weight is 312 g/mol. The maximum atomic E-state index is 11.3. The Bertz CT molecular complexity index is 494. The fourth-order valence-corrected chi connectivity index (χ4v) is 2.77. The van der Waals surface area contributed by atoms with Gasteiger partial charge in [0.2, 0.25) is 0 Å². The number of sulfone groups is 1. The minimum atomic E-state index is -2.97. The molecule has 18 heavy (non-hydrogen) atoms. The first-order valence-electron chi connectivity index (χ1n) is 5.43. The third-order valence-corrected chi connectivity index (χ3v) is 4.66. The molecule has 0 fully saturated rings. The Labute approximate surface area is 117 Å². The second-order valence-corrected chi connectivity index (χ2v) is 7.04. The summed E-state index contributed by atoms with van der Waals surface area (Å²) in [5.74, 6) is 0.561. The second-order valence-electron chi connectivity index (χ2n) is 3.75. The van der Waals surface area contributed by atoms with Gasteiger partial charge in [0.1, 0.15) is 9.84 Å². The van der Waals surface area contributed by atoms with Gasteiger partial charge in [-0.3, -0.25) is 0 Å². The van der Waals surface area contributed by atoms with Crippen LogP contribution in [0.4, 0.5) is 5.69 Å². The minimum Gasteiger partial charge on any atom is -0.490 e. The number of hydrogen-bond acceptors (Lipinski definition) is 4. The molecule has 0 radical (unpaired) electrons. The third kappa shape index (κ3) is 4.55. The topological polar surface area (TPSA) is 69.4 Å². The Morgan fingerprint density at radius 3 is 2.33 bits per heavy atom.